The molecule has 0 saturated heterocycles. The molecule has 4 amide bonds. The summed E-state index contributed by atoms with van der Waals surface area (Å²) in [7, 11) is 1.61. The fourth-order valence-electron chi connectivity index (χ4n) is 8.20. The topological polar surface area (TPSA) is 173 Å². The van der Waals surface area contributed by atoms with Gasteiger partial charge in [-0.15, -0.1) is 0 Å². The summed E-state index contributed by atoms with van der Waals surface area (Å²) < 4.78 is 2.72. The van der Waals surface area contributed by atoms with Crippen molar-refractivity contribution in [3.8, 4) is 0 Å². The van der Waals surface area contributed by atoms with Gasteiger partial charge in [-0.3, -0.25) is 28.8 Å². The largest absolute Gasteiger partial charge is 0.350 e. The Morgan fingerprint density at radius 2 is 1.82 bits per heavy atom. The van der Waals surface area contributed by atoms with Crippen LogP contribution in [0.2, 0.25) is 0 Å². The van der Waals surface area contributed by atoms with Crippen LogP contribution in [-0.2, 0) is 32.8 Å². The molecule has 2 aromatic heterocycles. The Bertz CT molecular complexity index is 1530. The van der Waals surface area contributed by atoms with Crippen LogP contribution >= 0.6 is 0 Å². The zero-order chi connectivity index (χ0) is 32.4. The summed E-state index contributed by atoms with van der Waals surface area (Å²) >= 11 is 0. The molecule has 4 aliphatic rings. The van der Waals surface area contributed by atoms with E-state index in [1.165, 1.54) is 53.2 Å². The predicted octanol–water partition coefficient (Wildman–Crippen LogP) is 1.67. The molecule has 4 saturated carbocycles. The molecular formula is C32H43N7O6. The maximum atomic E-state index is 13.4. The molecule has 0 aliphatic heterocycles. The Kier molecular flexibility index (Phi) is 9.26. The summed E-state index contributed by atoms with van der Waals surface area (Å²) in [5.74, 6) is -1.84. The van der Waals surface area contributed by atoms with E-state index in [4.69, 9.17) is 0 Å². The molecule has 2 aromatic rings. The lowest BCUT2D eigenvalue weighted by atomic mass is 9.46. The number of Topliss-reactive ketones (excluding diaryl/α,β-unsaturated/α-hetero) is 1. The third kappa shape index (κ3) is 7.02. The van der Waals surface area contributed by atoms with Crippen LogP contribution in [-0.4, -0.2) is 61.7 Å². The van der Waals surface area contributed by atoms with Gasteiger partial charge in [-0.25, -0.2) is 4.98 Å². The molecule has 0 spiro atoms. The van der Waals surface area contributed by atoms with Gasteiger partial charge in [0.15, 0.2) is 0 Å². The first-order valence-corrected chi connectivity index (χ1v) is 15.8. The summed E-state index contributed by atoms with van der Waals surface area (Å²) in [6.07, 6.45) is 11.5. The lowest BCUT2D eigenvalue weighted by molar-refractivity contribution is -0.138. The summed E-state index contributed by atoms with van der Waals surface area (Å²) in [4.78, 5) is 81.1. The number of rotatable bonds is 13. The van der Waals surface area contributed by atoms with Crippen molar-refractivity contribution in [2.75, 3.05) is 11.9 Å². The van der Waals surface area contributed by atoms with Gasteiger partial charge in [0.2, 0.25) is 17.6 Å². The van der Waals surface area contributed by atoms with E-state index in [0.717, 1.165) is 25.7 Å². The van der Waals surface area contributed by atoms with E-state index in [0.29, 0.717) is 17.3 Å². The van der Waals surface area contributed by atoms with E-state index in [9.17, 15) is 28.8 Å². The fourth-order valence-corrected chi connectivity index (χ4v) is 8.20. The Labute approximate surface area is 261 Å². The molecule has 3 atom stereocenters. The minimum atomic E-state index is -1.25. The maximum Gasteiger partial charge on any atom is 0.287 e. The number of nitrogens with zero attached hydrogens (tertiary/aromatic N) is 3. The number of aromatic nitrogens is 3. The molecule has 6 rings (SSSR count). The molecule has 4 fully saturated rings. The number of imidazole rings is 1. The molecule has 4 N–H and O–H groups in total. The van der Waals surface area contributed by atoms with E-state index in [1.54, 1.807) is 20.0 Å². The van der Waals surface area contributed by atoms with E-state index in [1.807, 2.05) is 0 Å². The summed E-state index contributed by atoms with van der Waals surface area (Å²) in [6, 6.07) is 1.73. The number of ketones is 1. The highest BCUT2D eigenvalue weighted by atomic mass is 16.2. The molecule has 4 bridgehead atoms. The number of hydrogen-bond acceptors (Lipinski definition) is 7. The zero-order valence-electron chi connectivity index (χ0n) is 26.2. The van der Waals surface area contributed by atoms with Crippen LogP contribution in [0.25, 0.3) is 0 Å². The average Bonchev–Trinajstić information content (AvgIpc) is 3.42. The number of amides is 4. The first kappa shape index (κ1) is 32.1. The van der Waals surface area contributed by atoms with Crippen molar-refractivity contribution in [2.24, 2.45) is 24.3 Å². The molecule has 242 valence electrons. The van der Waals surface area contributed by atoms with Crippen molar-refractivity contribution in [3.05, 3.63) is 46.9 Å². The van der Waals surface area contributed by atoms with Crippen LogP contribution in [0.1, 0.15) is 82.1 Å². The van der Waals surface area contributed by atoms with Crippen molar-refractivity contribution in [1.82, 2.24) is 30.1 Å². The Morgan fingerprint density at radius 3 is 2.47 bits per heavy atom. The number of carbonyl (C=O) groups is 5. The summed E-state index contributed by atoms with van der Waals surface area (Å²) in [5.41, 5.74) is -0.403. The lowest BCUT2D eigenvalue weighted by Crippen LogP contribution is -2.63. The van der Waals surface area contributed by atoms with E-state index >= 15 is 0 Å². The van der Waals surface area contributed by atoms with E-state index < -0.39 is 35.1 Å². The average molecular weight is 622 g/mol. The Morgan fingerprint density at radius 1 is 1.09 bits per heavy atom. The van der Waals surface area contributed by atoms with E-state index in [2.05, 4.69) is 33.2 Å². The van der Waals surface area contributed by atoms with Crippen molar-refractivity contribution in [2.45, 2.75) is 89.8 Å². The monoisotopic (exact) mass is 621 g/mol. The van der Waals surface area contributed by atoms with Crippen LogP contribution in [0.15, 0.2) is 35.6 Å². The molecule has 13 nitrogen and oxygen atoms in total. The Balaban J connectivity index is 1.26. The van der Waals surface area contributed by atoms with Gasteiger partial charge < -0.3 is 30.4 Å². The first-order chi connectivity index (χ1) is 21.4. The molecule has 0 aromatic carbocycles. The van der Waals surface area contributed by atoms with Gasteiger partial charge in [0, 0.05) is 31.7 Å². The summed E-state index contributed by atoms with van der Waals surface area (Å²) in [5, 5.41) is 10.9. The Hall–Kier alpha value is -4.29. The quantitative estimate of drug-likeness (QED) is 0.246. The van der Waals surface area contributed by atoms with Gasteiger partial charge in [-0.1, -0.05) is 13.3 Å². The van der Waals surface area contributed by atoms with Crippen LogP contribution in [0.4, 0.5) is 5.69 Å². The molecule has 4 aliphatic carbocycles. The second-order valence-corrected chi connectivity index (χ2v) is 13.2. The fraction of sp³-hybridized carbons (Fsp3) is 0.594. The normalized spacial score (nSPS) is 25.3. The van der Waals surface area contributed by atoms with Gasteiger partial charge in [0.05, 0.1) is 12.5 Å². The van der Waals surface area contributed by atoms with E-state index in [-0.39, 0.29) is 48.8 Å². The van der Waals surface area contributed by atoms with Crippen LogP contribution in [0, 0.1) is 17.3 Å². The predicted molar refractivity (Wildman–Crippen MR) is 165 cm³/mol. The zero-order valence-corrected chi connectivity index (χ0v) is 26.2. The van der Waals surface area contributed by atoms with Gasteiger partial charge in [0.25, 0.3) is 17.4 Å². The number of aryl methyl sites for hydroxylation is 1. The number of likely N-dealkylation sites (N-methyl/N-ethyl adjacent to an activating group) is 1. The number of nitrogens with one attached hydrogen (secondary N) is 4. The van der Waals surface area contributed by atoms with Crippen LogP contribution < -0.4 is 26.8 Å². The first-order valence-electron chi connectivity index (χ1n) is 15.8. The highest BCUT2D eigenvalue weighted by molar-refractivity contribution is 6.36. The number of anilines is 1. The van der Waals surface area contributed by atoms with Crippen molar-refractivity contribution >= 4 is 35.1 Å². The molecular weight excluding hydrogens is 578 g/mol. The lowest BCUT2D eigenvalue weighted by Gasteiger charge is -2.62. The van der Waals surface area contributed by atoms with Gasteiger partial charge >= 0.3 is 0 Å². The second-order valence-electron chi connectivity index (χ2n) is 13.2. The number of hydrogen-bond donors (Lipinski definition) is 4. The van der Waals surface area contributed by atoms with Crippen molar-refractivity contribution < 1.29 is 24.0 Å². The standard InChI is InChI=1S/C32H43N7O6/c1-4-31-12-20-11-21(13-31)15-32(14-20,18-31)37-26(41)17-39-10-6-7-23(30(39)45)36-27(42)22(8-9-25(40)29(44)34-5-2)35-28(43)24-16-33-19-38(24)3/h6-7,10,16,19-22H,4-5,8-9,11-15,17-18H2,1-3H3,(H,34,44)(H,35,43)(H,36,42)(H,37,41). The molecule has 13 heteroatoms. The van der Waals surface area contributed by atoms with Gasteiger partial charge in [0.1, 0.15) is 24.0 Å². The SMILES string of the molecule is CCNC(=O)C(=O)CCC(NC(=O)c1cncn1C)C(=O)Nc1cccn(CC(=O)NC23CC4CC(CC(CC)(C4)C2)C3)c1=O. The van der Waals surface area contributed by atoms with Crippen molar-refractivity contribution in [3.63, 3.8) is 0 Å². The van der Waals surface area contributed by atoms with Crippen LogP contribution in [0.5, 0.6) is 0 Å². The smallest absolute Gasteiger partial charge is 0.287 e. The minimum absolute atomic E-state index is 0.0788. The number of carbonyl (C=O) groups excluding carboxylic acids is 5. The second kappa shape index (κ2) is 13.0. The van der Waals surface area contributed by atoms with Gasteiger partial charge in [-0.05, 0) is 81.3 Å². The highest BCUT2D eigenvalue weighted by Crippen LogP contribution is 2.62. The maximum absolute atomic E-state index is 13.4. The van der Waals surface area contributed by atoms with Crippen molar-refractivity contribution in [1.29, 1.82) is 0 Å². The number of pyridine rings is 1. The third-order valence-corrected chi connectivity index (χ3v) is 9.85. The summed E-state index contributed by atoms with van der Waals surface area (Å²) in [6.45, 7) is 4.00. The molecule has 2 heterocycles. The van der Waals surface area contributed by atoms with Crippen LogP contribution in [0.3, 0.4) is 0 Å². The highest BCUT2D eigenvalue weighted by Gasteiger charge is 2.57. The molecule has 3 unspecified atom stereocenters. The third-order valence-electron chi connectivity index (χ3n) is 9.85. The molecule has 45 heavy (non-hydrogen) atoms. The van der Waals surface area contributed by atoms with Gasteiger partial charge in [-0.2, -0.15) is 0 Å². The minimum Gasteiger partial charge on any atom is -0.350 e. The molecule has 0 radical (unpaired) electrons.